The normalized spacial score (nSPS) is 24.6. The molecule has 1 heterocycles. The predicted octanol–water partition coefficient (Wildman–Crippen LogP) is 4.83. The molecular formula is C21H24FN. The van der Waals surface area contributed by atoms with Crippen LogP contribution >= 0.6 is 0 Å². The van der Waals surface area contributed by atoms with Crippen LogP contribution in [0.2, 0.25) is 0 Å². The van der Waals surface area contributed by atoms with Gasteiger partial charge in [0.25, 0.3) is 0 Å². The summed E-state index contributed by atoms with van der Waals surface area (Å²) in [5, 5.41) is 0. The molecule has 0 N–H and O–H groups in total. The Kier molecular flexibility index (Phi) is 3.94. The number of benzene rings is 2. The summed E-state index contributed by atoms with van der Waals surface area (Å²) >= 11 is 0. The Balaban J connectivity index is 1.59. The average Bonchev–Trinajstić information content (AvgIpc) is 3.00. The molecule has 2 aromatic carbocycles. The van der Waals surface area contributed by atoms with E-state index in [9.17, 15) is 4.39 Å². The van der Waals surface area contributed by atoms with Crippen LogP contribution in [0.3, 0.4) is 0 Å². The van der Waals surface area contributed by atoms with Crippen LogP contribution in [0.5, 0.6) is 0 Å². The predicted molar refractivity (Wildman–Crippen MR) is 93.1 cm³/mol. The number of aryl methyl sites for hydroxylation is 1. The van der Waals surface area contributed by atoms with Gasteiger partial charge in [-0.1, -0.05) is 36.4 Å². The first-order chi connectivity index (χ1) is 11.2. The molecule has 1 saturated heterocycles. The second kappa shape index (κ2) is 6.09. The van der Waals surface area contributed by atoms with E-state index in [2.05, 4.69) is 30.0 Å². The Bertz CT molecular complexity index is 709. The molecular weight excluding hydrogens is 285 g/mol. The fourth-order valence-electron chi connectivity index (χ4n) is 4.38. The van der Waals surface area contributed by atoms with Crippen LogP contribution in [-0.4, -0.2) is 23.5 Å². The zero-order chi connectivity index (χ0) is 15.8. The SMILES string of the molecule is CC1CCCN1C1CCc2cc(-c3ccccc3F)ccc2C1. The molecule has 0 aromatic heterocycles. The van der Waals surface area contributed by atoms with Crippen molar-refractivity contribution in [3.8, 4) is 11.1 Å². The van der Waals surface area contributed by atoms with Gasteiger partial charge < -0.3 is 0 Å². The minimum atomic E-state index is -0.132. The summed E-state index contributed by atoms with van der Waals surface area (Å²) in [7, 11) is 0. The van der Waals surface area contributed by atoms with E-state index >= 15 is 0 Å². The van der Waals surface area contributed by atoms with Gasteiger partial charge in [-0.25, -0.2) is 4.39 Å². The second-order valence-corrected chi connectivity index (χ2v) is 7.09. The number of halogens is 1. The molecule has 0 bridgehead atoms. The fraction of sp³-hybridized carbons (Fsp3) is 0.429. The lowest BCUT2D eigenvalue weighted by Crippen LogP contribution is -2.41. The van der Waals surface area contributed by atoms with E-state index in [0.29, 0.717) is 11.6 Å². The van der Waals surface area contributed by atoms with Gasteiger partial charge in [-0.3, -0.25) is 4.90 Å². The maximum absolute atomic E-state index is 14.0. The highest BCUT2D eigenvalue weighted by Crippen LogP contribution is 2.32. The van der Waals surface area contributed by atoms with Gasteiger partial charge in [0.1, 0.15) is 5.82 Å². The summed E-state index contributed by atoms with van der Waals surface area (Å²) < 4.78 is 14.0. The van der Waals surface area contributed by atoms with Crippen LogP contribution in [0.4, 0.5) is 4.39 Å². The van der Waals surface area contributed by atoms with Crippen LogP contribution in [-0.2, 0) is 12.8 Å². The van der Waals surface area contributed by atoms with Crippen LogP contribution in [0.1, 0.15) is 37.3 Å². The summed E-state index contributed by atoms with van der Waals surface area (Å²) in [6.07, 6.45) is 6.19. The Morgan fingerprint density at radius 3 is 2.70 bits per heavy atom. The monoisotopic (exact) mass is 309 g/mol. The van der Waals surface area contributed by atoms with Crippen molar-refractivity contribution in [1.29, 1.82) is 0 Å². The van der Waals surface area contributed by atoms with Gasteiger partial charge in [0.05, 0.1) is 0 Å². The van der Waals surface area contributed by atoms with Crippen molar-refractivity contribution in [1.82, 2.24) is 4.90 Å². The van der Waals surface area contributed by atoms with Gasteiger partial charge in [0.2, 0.25) is 0 Å². The summed E-state index contributed by atoms with van der Waals surface area (Å²) in [6, 6.07) is 15.0. The molecule has 0 radical (unpaired) electrons. The molecule has 2 aromatic rings. The number of likely N-dealkylation sites (tertiary alicyclic amines) is 1. The third-order valence-electron chi connectivity index (χ3n) is 5.67. The smallest absolute Gasteiger partial charge is 0.131 e. The Morgan fingerprint density at radius 2 is 1.91 bits per heavy atom. The molecule has 120 valence electrons. The summed E-state index contributed by atoms with van der Waals surface area (Å²) in [4.78, 5) is 2.70. The van der Waals surface area contributed by atoms with E-state index in [1.807, 2.05) is 12.1 Å². The summed E-state index contributed by atoms with van der Waals surface area (Å²) in [6.45, 7) is 3.62. The third kappa shape index (κ3) is 2.81. The standard InChI is InChI=1S/C21H24FN/c1-15-5-4-12-23(15)19-11-10-16-13-18(9-8-17(16)14-19)20-6-2-3-7-21(20)22/h2-3,6-9,13,15,19H,4-5,10-12,14H2,1H3. The summed E-state index contributed by atoms with van der Waals surface area (Å²) in [5.74, 6) is -0.132. The highest BCUT2D eigenvalue weighted by atomic mass is 19.1. The molecule has 1 aliphatic carbocycles. The molecule has 2 unspecified atom stereocenters. The van der Waals surface area contributed by atoms with Gasteiger partial charge in [0.15, 0.2) is 0 Å². The highest BCUT2D eigenvalue weighted by molar-refractivity contribution is 5.65. The molecule has 0 saturated carbocycles. The molecule has 2 aliphatic rings. The van der Waals surface area contributed by atoms with Crippen molar-refractivity contribution >= 4 is 0 Å². The zero-order valence-electron chi connectivity index (χ0n) is 13.8. The van der Waals surface area contributed by atoms with Gasteiger partial charge in [-0.15, -0.1) is 0 Å². The molecule has 1 fully saturated rings. The third-order valence-corrected chi connectivity index (χ3v) is 5.67. The number of nitrogens with zero attached hydrogens (tertiary/aromatic N) is 1. The minimum absolute atomic E-state index is 0.132. The molecule has 4 rings (SSSR count). The van der Waals surface area contributed by atoms with Crippen molar-refractivity contribution in [2.24, 2.45) is 0 Å². The first kappa shape index (κ1) is 14.9. The molecule has 1 aliphatic heterocycles. The molecule has 0 spiro atoms. The topological polar surface area (TPSA) is 3.24 Å². The Hall–Kier alpha value is -1.67. The van der Waals surface area contributed by atoms with E-state index in [4.69, 9.17) is 0 Å². The van der Waals surface area contributed by atoms with Gasteiger partial charge in [-0.2, -0.15) is 0 Å². The van der Waals surface area contributed by atoms with Crippen LogP contribution < -0.4 is 0 Å². The number of hydrogen-bond acceptors (Lipinski definition) is 1. The minimum Gasteiger partial charge on any atom is -0.297 e. The van der Waals surface area contributed by atoms with Crippen molar-refractivity contribution in [3.05, 3.63) is 59.4 Å². The largest absolute Gasteiger partial charge is 0.297 e. The summed E-state index contributed by atoms with van der Waals surface area (Å²) in [5.41, 5.74) is 4.59. The molecule has 1 nitrogen and oxygen atoms in total. The van der Waals surface area contributed by atoms with Crippen LogP contribution in [0.15, 0.2) is 42.5 Å². The van der Waals surface area contributed by atoms with Crippen molar-refractivity contribution < 1.29 is 4.39 Å². The van der Waals surface area contributed by atoms with E-state index in [-0.39, 0.29) is 5.82 Å². The number of rotatable bonds is 2. The van der Waals surface area contributed by atoms with Crippen molar-refractivity contribution in [3.63, 3.8) is 0 Å². The Labute approximate surface area is 138 Å². The molecule has 0 amide bonds. The second-order valence-electron chi connectivity index (χ2n) is 7.09. The number of hydrogen-bond donors (Lipinski definition) is 0. The molecule has 2 heteroatoms. The maximum Gasteiger partial charge on any atom is 0.131 e. The van der Waals surface area contributed by atoms with Crippen LogP contribution in [0, 0.1) is 5.82 Å². The lowest BCUT2D eigenvalue weighted by Gasteiger charge is -2.35. The zero-order valence-corrected chi connectivity index (χ0v) is 13.8. The Morgan fingerprint density at radius 1 is 1.04 bits per heavy atom. The van der Waals surface area contributed by atoms with E-state index in [0.717, 1.165) is 24.4 Å². The molecule has 2 atom stereocenters. The van der Waals surface area contributed by atoms with Gasteiger partial charge >= 0.3 is 0 Å². The van der Waals surface area contributed by atoms with Gasteiger partial charge in [0, 0.05) is 17.6 Å². The number of fused-ring (bicyclic) bond motifs is 1. The van der Waals surface area contributed by atoms with Gasteiger partial charge in [-0.05, 0) is 68.3 Å². The van der Waals surface area contributed by atoms with E-state index < -0.39 is 0 Å². The maximum atomic E-state index is 14.0. The lowest BCUT2D eigenvalue weighted by molar-refractivity contribution is 0.174. The lowest BCUT2D eigenvalue weighted by atomic mass is 9.85. The van der Waals surface area contributed by atoms with E-state index in [1.165, 1.54) is 36.9 Å². The van der Waals surface area contributed by atoms with E-state index in [1.54, 1.807) is 12.1 Å². The quantitative estimate of drug-likeness (QED) is 0.767. The van der Waals surface area contributed by atoms with Crippen molar-refractivity contribution in [2.75, 3.05) is 6.54 Å². The average molecular weight is 309 g/mol. The first-order valence-corrected chi connectivity index (χ1v) is 8.85. The van der Waals surface area contributed by atoms with Crippen molar-refractivity contribution in [2.45, 2.75) is 51.1 Å². The van der Waals surface area contributed by atoms with Crippen LogP contribution in [0.25, 0.3) is 11.1 Å². The first-order valence-electron chi connectivity index (χ1n) is 8.85. The fourth-order valence-corrected chi connectivity index (χ4v) is 4.38. The molecule has 23 heavy (non-hydrogen) atoms. The highest BCUT2D eigenvalue weighted by Gasteiger charge is 2.30.